The zero-order chi connectivity index (χ0) is 19.8. The first-order valence-electron chi connectivity index (χ1n) is 8.89. The molecule has 27 heavy (non-hydrogen) atoms. The number of aromatic nitrogens is 1. The number of unbranched alkanes of at least 4 members (excludes halogenated alkanes) is 1. The number of H-pyrrole nitrogens is 1. The Morgan fingerprint density at radius 2 is 1.78 bits per heavy atom. The number of aromatic amines is 1. The van der Waals surface area contributed by atoms with Gasteiger partial charge in [0.15, 0.2) is 0 Å². The molecule has 0 saturated heterocycles. The van der Waals surface area contributed by atoms with Gasteiger partial charge >= 0.3 is 6.18 Å². The second-order valence-corrected chi connectivity index (χ2v) is 7.18. The molecule has 0 aliphatic carbocycles. The standard InChI is InChI=1S/C21H20ClF4N/c1-3-4-5-15-16-10-17(22)18(23)11-19(16)27-20(15)12(2)13-6-8-14(9-7-13)21(24,25)26/h6-12,27H,3-5H2,1-2H3. The van der Waals surface area contributed by atoms with Crippen LogP contribution in [0.1, 0.15) is 55.0 Å². The third-order valence-corrected chi connectivity index (χ3v) is 5.22. The van der Waals surface area contributed by atoms with E-state index in [2.05, 4.69) is 11.9 Å². The molecular weight excluding hydrogens is 378 g/mol. The first kappa shape index (κ1) is 19.7. The predicted octanol–water partition coefficient (Wildman–Crippen LogP) is 7.47. The van der Waals surface area contributed by atoms with Crippen molar-refractivity contribution in [3.05, 3.63) is 69.6 Å². The summed E-state index contributed by atoms with van der Waals surface area (Å²) in [7, 11) is 0. The van der Waals surface area contributed by atoms with Crippen molar-refractivity contribution in [1.29, 1.82) is 0 Å². The molecule has 0 amide bonds. The maximum absolute atomic E-state index is 13.9. The molecule has 0 aliphatic heterocycles. The number of hydrogen-bond acceptors (Lipinski definition) is 0. The van der Waals surface area contributed by atoms with Crippen LogP contribution in [0.5, 0.6) is 0 Å². The van der Waals surface area contributed by atoms with Crippen LogP contribution in [0.4, 0.5) is 17.6 Å². The number of halogens is 5. The number of fused-ring (bicyclic) bond motifs is 1. The lowest BCUT2D eigenvalue weighted by molar-refractivity contribution is -0.137. The molecule has 1 aromatic heterocycles. The Hall–Kier alpha value is -2.01. The van der Waals surface area contributed by atoms with Gasteiger partial charge in [0.2, 0.25) is 0 Å². The number of nitrogens with one attached hydrogen (secondary N) is 1. The summed E-state index contributed by atoms with van der Waals surface area (Å²) in [6, 6.07) is 8.17. The topological polar surface area (TPSA) is 15.8 Å². The van der Waals surface area contributed by atoms with Crippen LogP contribution in [-0.4, -0.2) is 4.98 Å². The molecule has 1 N–H and O–H groups in total. The van der Waals surface area contributed by atoms with E-state index in [4.69, 9.17) is 11.6 Å². The summed E-state index contributed by atoms with van der Waals surface area (Å²) in [6.07, 6.45) is -1.62. The summed E-state index contributed by atoms with van der Waals surface area (Å²) in [5.41, 5.74) is 2.67. The molecule has 2 aromatic carbocycles. The first-order valence-corrected chi connectivity index (χ1v) is 9.26. The summed E-state index contributed by atoms with van der Waals surface area (Å²) in [4.78, 5) is 3.26. The molecule has 1 atom stereocenters. The Balaban J connectivity index is 2.06. The van der Waals surface area contributed by atoms with Gasteiger partial charge in [-0.2, -0.15) is 13.2 Å². The highest BCUT2D eigenvalue weighted by molar-refractivity contribution is 6.31. The van der Waals surface area contributed by atoms with E-state index in [0.29, 0.717) is 5.52 Å². The third kappa shape index (κ3) is 3.98. The molecular formula is C21H20ClF4N. The van der Waals surface area contributed by atoms with Crippen molar-refractivity contribution in [3.8, 4) is 0 Å². The Bertz CT molecular complexity index is 941. The Labute approximate surface area is 160 Å². The fourth-order valence-electron chi connectivity index (χ4n) is 3.39. The smallest absolute Gasteiger partial charge is 0.358 e. The van der Waals surface area contributed by atoms with E-state index in [0.717, 1.165) is 53.6 Å². The minimum Gasteiger partial charge on any atom is -0.358 e. The van der Waals surface area contributed by atoms with Crippen LogP contribution in [-0.2, 0) is 12.6 Å². The van der Waals surface area contributed by atoms with Crippen molar-refractivity contribution in [3.63, 3.8) is 0 Å². The van der Waals surface area contributed by atoms with Crippen LogP contribution in [0.3, 0.4) is 0 Å². The molecule has 1 unspecified atom stereocenters. The van der Waals surface area contributed by atoms with Crippen LogP contribution < -0.4 is 0 Å². The fourth-order valence-corrected chi connectivity index (χ4v) is 3.55. The predicted molar refractivity (Wildman–Crippen MR) is 101 cm³/mol. The minimum atomic E-state index is -4.36. The van der Waals surface area contributed by atoms with Crippen molar-refractivity contribution in [2.75, 3.05) is 0 Å². The number of hydrogen-bond donors (Lipinski definition) is 1. The highest BCUT2D eigenvalue weighted by Gasteiger charge is 2.30. The molecule has 3 rings (SSSR count). The van der Waals surface area contributed by atoms with Gasteiger partial charge in [-0.25, -0.2) is 4.39 Å². The van der Waals surface area contributed by atoms with E-state index in [-0.39, 0.29) is 10.9 Å². The van der Waals surface area contributed by atoms with Crippen LogP contribution in [0, 0.1) is 5.82 Å². The van der Waals surface area contributed by atoms with Crippen LogP contribution in [0.15, 0.2) is 36.4 Å². The minimum absolute atomic E-state index is 0.0629. The van der Waals surface area contributed by atoms with Gasteiger partial charge in [0.05, 0.1) is 10.6 Å². The quantitative estimate of drug-likeness (QED) is 0.429. The summed E-state index contributed by atoms with van der Waals surface area (Å²) < 4.78 is 52.3. The number of rotatable bonds is 5. The molecule has 0 spiro atoms. The third-order valence-electron chi connectivity index (χ3n) is 4.93. The lowest BCUT2D eigenvalue weighted by Crippen LogP contribution is -2.06. The molecule has 0 saturated carbocycles. The van der Waals surface area contributed by atoms with E-state index in [1.807, 2.05) is 6.92 Å². The average molecular weight is 398 g/mol. The van der Waals surface area contributed by atoms with Gasteiger partial charge in [-0.1, -0.05) is 44.0 Å². The fraction of sp³-hybridized carbons (Fsp3) is 0.333. The first-order chi connectivity index (χ1) is 12.7. The molecule has 1 heterocycles. The van der Waals surface area contributed by atoms with Crippen LogP contribution in [0.25, 0.3) is 10.9 Å². The lowest BCUT2D eigenvalue weighted by Gasteiger charge is -2.15. The van der Waals surface area contributed by atoms with Gasteiger partial charge < -0.3 is 4.98 Å². The monoisotopic (exact) mass is 397 g/mol. The Morgan fingerprint density at radius 3 is 2.37 bits per heavy atom. The van der Waals surface area contributed by atoms with E-state index < -0.39 is 17.6 Å². The van der Waals surface area contributed by atoms with Gasteiger partial charge in [0, 0.05) is 22.5 Å². The van der Waals surface area contributed by atoms with Gasteiger partial charge in [-0.15, -0.1) is 0 Å². The number of benzene rings is 2. The second-order valence-electron chi connectivity index (χ2n) is 6.77. The number of alkyl halides is 3. The molecule has 3 aromatic rings. The summed E-state index contributed by atoms with van der Waals surface area (Å²) in [5, 5.41) is 0.927. The van der Waals surface area contributed by atoms with Crippen molar-refractivity contribution < 1.29 is 17.6 Å². The maximum atomic E-state index is 13.9. The van der Waals surface area contributed by atoms with Crippen molar-refractivity contribution in [2.24, 2.45) is 0 Å². The summed E-state index contributed by atoms with van der Waals surface area (Å²) >= 11 is 5.96. The highest BCUT2D eigenvalue weighted by Crippen LogP contribution is 2.36. The van der Waals surface area contributed by atoms with Crippen molar-refractivity contribution in [1.82, 2.24) is 4.98 Å². The summed E-state index contributed by atoms with van der Waals surface area (Å²) in [5.74, 6) is -0.658. The zero-order valence-electron chi connectivity index (χ0n) is 15.1. The van der Waals surface area contributed by atoms with E-state index in [1.54, 1.807) is 6.07 Å². The van der Waals surface area contributed by atoms with Crippen molar-refractivity contribution >= 4 is 22.5 Å². The SMILES string of the molecule is CCCCc1c(C(C)c2ccc(C(F)(F)F)cc2)[nH]c2cc(F)c(Cl)cc12. The Kier molecular flexibility index (Phi) is 5.52. The molecule has 0 bridgehead atoms. The average Bonchev–Trinajstić information content (AvgIpc) is 2.96. The number of aryl methyl sites for hydroxylation is 1. The van der Waals surface area contributed by atoms with E-state index >= 15 is 0 Å². The lowest BCUT2D eigenvalue weighted by atomic mass is 9.92. The largest absolute Gasteiger partial charge is 0.416 e. The van der Waals surface area contributed by atoms with E-state index in [9.17, 15) is 17.6 Å². The van der Waals surface area contributed by atoms with Crippen LogP contribution >= 0.6 is 11.6 Å². The maximum Gasteiger partial charge on any atom is 0.416 e. The Morgan fingerprint density at radius 1 is 1.11 bits per heavy atom. The van der Waals surface area contributed by atoms with Crippen molar-refractivity contribution in [2.45, 2.75) is 45.2 Å². The van der Waals surface area contributed by atoms with Gasteiger partial charge in [-0.05, 0) is 48.2 Å². The molecule has 0 fully saturated rings. The van der Waals surface area contributed by atoms with E-state index in [1.165, 1.54) is 18.2 Å². The van der Waals surface area contributed by atoms with Crippen LogP contribution in [0.2, 0.25) is 5.02 Å². The normalized spacial score (nSPS) is 13.3. The molecule has 0 aliphatic rings. The van der Waals surface area contributed by atoms with Gasteiger partial charge in [0.1, 0.15) is 5.82 Å². The molecule has 1 nitrogen and oxygen atoms in total. The molecule has 144 valence electrons. The van der Waals surface area contributed by atoms with Gasteiger partial charge in [0.25, 0.3) is 0 Å². The highest BCUT2D eigenvalue weighted by atomic mass is 35.5. The van der Waals surface area contributed by atoms with Gasteiger partial charge in [-0.3, -0.25) is 0 Å². The summed E-state index contributed by atoms with van der Waals surface area (Å²) in [6.45, 7) is 4.02. The molecule has 6 heteroatoms. The molecule has 0 radical (unpaired) electrons. The zero-order valence-corrected chi connectivity index (χ0v) is 15.8. The second kappa shape index (κ2) is 7.55.